The number of fused-ring (bicyclic) bond motifs is 2. The Labute approximate surface area is 181 Å². The molecule has 0 radical (unpaired) electrons. The van der Waals surface area contributed by atoms with Crippen molar-refractivity contribution in [1.82, 2.24) is 0 Å². The first kappa shape index (κ1) is 20.3. The minimum Gasteiger partial charge on any atom is -0.452 e. The summed E-state index contributed by atoms with van der Waals surface area (Å²) in [6.07, 6.45) is 0. The smallest absolute Gasteiger partial charge is 0.340 e. The van der Waals surface area contributed by atoms with Gasteiger partial charge in [-0.25, -0.2) is 4.79 Å². The van der Waals surface area contributed by atoms with E-state index in [9.17, 15) is 19.2 Å². The van der Waals surface area contributed by atoms with Crippen LogP contribution in [0.5, 0.6) is 0 Å². The third kappa shape index (κ3) is 3.91. The number of anilines is 2. The van der Waals surface area contributed by atoms with Gasteiger partial charge in [-0.15, -0.1) is 0 Å². The fourth-order valence-electron chi connectivity index (χ4n) is 3.30. The zero-order valence-electron chi connectivity index (χ0n) is 16.0. The third-order valence-electron chi connectivity index (χ3n) is 4.78. The van der Waals surface area contributed by atoms with E-state index in [4.69, 9.17) is 22.1 Å². The van der Waals surface area contributed by atoms with Gasteiger partial charge in [0.25, 0.3) is 5.91 Å². The number of halogens is 1. The fraction of sp³-hybridized carbons (Fsp3) is 0.0435. The lowest BCUT2D eigenvalue weighted by Gasteiger charge is -2.18. The molecule has 0 aromatic heterocycles. The Morgan fingerprint density at radius 2 is 1.52 bits per heavy atom. The first-order valence-electron chi connectivity index (χ1n) is 9.19. The van der Waals surface area contributed by atoms with Gasteiger partial charge in [-0.05, 0) is 36.4 Å². The molecule has 3 N–H and O–H groups in total. The number of carbonyl (C=O) groups excluding carboxylic acids is 4. The predicted octanol–water partition coefficient (Wildman–Crippen LogP) is 3.49. The number of hydrogen-bond acceptors (Lipinski definition) is 6. The molecular weight excluding hydrogens is 420 g/mol. The average Bonchev–Trinajstić information content (AvgIpc) is 2.76. The highest BCUT2D eigenvalue weighted by Crippen LogP contribution is 2.29. The number of nitrogen functional groups attached to an aromatic ring is 1. The second-order valence-corrected chi connectivity index (χ2v) is 7.26. The number of nitrogens with one attached hydrogen (secondary N) is 1. The van der Waals surface area contributed by atoms with Gasteiger partial charge >= 0.3 is 5.97 Å². The summed E-state index contributed by atoms with van der Waals surface area (Å²) in [5.41, 5.74) is 7.39. The zero-order valence-corrected chi connectivity index (χ0v) is 16.7. The monoisotopic (exact) mass is 434 g/mol. The van der Waals surface area contributed by atoms with Crippen LogP contribution in [0.4, 0.5) is 11.4 Å². The van der Waals surface area contributed by atoms with E-state index in [1.165, 1.54) is 36.4 Å². The Morgan fingerprint density at radius 3 is 2.19 bits per heavy atom. The van der Waals surface area contributed by atoms with Gasteiger partial charge in [-0.2, -0.15) is 0 Å². The molecule has 0 fully saturated rings. The molecule has 0 heterocycles. The number of benzene rings is 3. The van der Waals surface area contributed by atoms with Gasteiger partial charge < -0.3 is 15.8 Å². The van der Waals surface area contributed by atoms with Crippen LogP contribution in [-0.2, 0) is 9.53 Å². The lowest BCUT2D eigenvalue weighted by Crippen LogP contribution is -2.23. The van der Waals surface area contributed by atoms with Crippen LogP contribution in [-0.4, -0.2) is 30.0 Å². The zero-order chi connectivity index (χ0) is 22.1. The van der Waals surface area contributed by atoms with Crippen LogP contribution < -0.4 is 11.1 Å². The van der Waals surface area contributed by atoms with Crippen molar-refractivity contribution in [2.24, 2.45) is 0 Å². The van der Waals surface area contributed by atoms with Crippen molar-refractivity contribution in [3.05, 3.63) is 93.5 Å². The molecule has 0 atom stereocenters. The van der Waals surface area contributed by atoms with Crippen molar-refractivity contribution >= 4 is 46.4 Å². The summed E-state index contributed by atoms with van der Waals surface area (Å²) in [5, 5.41) is 2.92. The lowest BCUT2D eigenvalue weighted by molar-refractivity contribution is -0.119. The summed E-state index contributed by atoms with van der Waals surface area (Å²) in [4.78, 5) is 49.7. The molecule has 1 aliphatic carbocycles. The molecule has 154 valence electrons. The molecule has 0 saturated heterocycles. The summed E-state index contributed by atoms with van der Waals surface area (Å²) < 4.78 is 4.98. The molecule has 3 aromatic carbocycles. The van der Waals surface area contributed by atoms with E-state index in [1.807, 2.05) is 0 Å². The van der Waals surface area contributed by atoms with E-state index < -0.39 is 18.5 Å². The third-order valence-corrected chi connectivity index (χ3v) is 5.01. The van der Waals surface area contributed by atoms with Crippen molar-refractivity contribution in [3.63, 3.8) is 0 Å². The van der Waals surface area contributed by atoms with Gasteiger partial charge in [0.05, 0.1) is 5.56 Å². The minimum atomic E-state index is -0.771. The van der Waals surface area contributed by atoms with Crippen LogP contribution in [0.3, 0.4) is 0 Å². The molecule has 0 saturated carbocycles. The maximum absolute atomic E-state index is 12.8. The van der Waals surface area contributed by atoms with E-state index >= 15 is 0 Å². The largest absolute Gasteiger partial charge is 0.452 e. The van der Waals surface area contributed by atoms with Crippen LogP contribution in [0.1, 0.15) is 42.2 Å². The summed E-state index contributed by atoms with van der Waals surface area (Å²) in [7, 11) is 0. The second-order valence-electron chi connectivity index (χ2n) is 6.82. The van der Waals surface area contributed by atoms with Crippen molar-refractivity contribution in [3.8, 4) is 0 Å². The van der Waals surface area contributed by atoms with Crippen LogP contribution in [0.15, 0.2) is 60.7 Å². The van der Waals surface area contributed by atoms with Crippen molar-refractivity contribution in [2.75, 3.05) is 17.7 Å². The van der Waals surface area contributed by atoms with Gasteiger partial charge in [0.15, 0.2) is 18.2 Å². The summed E-state index contributed by atoms with van der Waals surface area (Å²) in [6, 6.07) is 15.3. The number of nitrogens with two attached hydrogens (primary N) is 1. The number of ether oxygens (including phenoxy) is 1. The summed E-state index contributed by atoms with van der Waals surface area (Å²) in [6.45, 7) is -0.562. The number of esters is 1. The quantitative estimate of drug-likeness (QED) is 0.375. The Balaban J connectivity index is 1.45. The normalized spacial score (nSPS) is 12.0. The van der Waals surface area contributed by atoms with Gasteiger partial charge in [0, 0.05) is 38.7 Å². The van der Waals surface area contributed by atoms with Crippen LogP contribution in [0, 0.1) is 0 Å². The fourth-order valence-corrected chi connectivity index (χ4v) is 3.48. The van der Waals surface area contributed by atoms with Gasteiger partial charge in [0.2, 0.25) is 0 Å². The van der Waals surface area contributed by atoms with Crippen LogP contribution >= 0.6 is 11.6 Å². The molecule has 1 aliphatic rings. The van der Waals surface area contributed by atoms with Gasteiger partial charge in [0.1, 0.15) is 0 Å². The Morgan fingerprint density at radius 1 is 0.871 bits per heavy atom. The van der Waals surface area contributed by atoms with Gasteiger partial charge in [-0.1, -0.05) is 35.9 Å². The van der Waals surface area contributed by atoms with E-state index in [-0.39, 0.29) is 33.9 Å². The topological polar surface area (TPSA) is 116 Å². The number of ketones is 2. The second kappa shape index (κ2) is 8.04. The Kier molecular flexibility index (Phi) is 5.27. The van der Waals surface area contributed by atoms with E-state index in [0.717, 1.165) is 0 Å². The average molecular weight is 435 g/mol. The molecule has 4 rings (SSSR count). The predicted molar refractivity (Wildman–Crippen MR) is 115 cm³/mol. The number of carbonyl (C=O) groups is 4. The first-order chi connectivity index (χ1) is 14.8. The molecule has 0 aliphatic heterocycles. The van der Waals surface area contributed by atoms with Gasteiger partial charge in [-0.3, -0.25) is 14.4 Å². The van der Waals surface area contributed by atoms with Crippen molar-refractivity contribution < 1.29 is 23.9 Å². The molecular formula is C23H15ClN2O5. The number of rotatable bonds is 4. The molecule has 0 unspecified atom stereocenters. The van der Waals surface area contributed by atoms with E-state index in [1.54, 1.807) is 24.3 Å². The first-order valence-corrected chi connectivity index (χ1v) is 9.57. The SMILES string of the molecule is Nc1cc(Cl)ccc1C(=O)OCC(=O)Nc1ccc2c(c1)C(=O)c1ccccc1C2=O. The van der Waals surface area contributed by atoms with Crippen LogP contribution in [0.25, 0.3) is 0 Å². The highest BCUT2D eigenvalue weighted by atomic mass is 35.5. The Hall–Kier alpha value is -3.97. The van der Waals surface area contributed by atoms with E-state index in [2.05, 4.69) is 5.32 Å². The highest BCUT2D eigenvalue weighted by Gasteiger charge is 2.29. The molecule has 0 bridgehead atoms. The summed E-state index contributed by atoms with van der Waals surface area (Å²) in [5.74, 6) is -1.94. The highest BCUT2D eigenvalue weighted by molar-refractivity contribution is 6.31. The molecule has 7 nitrogen and oxygen atoms in total. The van der Waals surface area contributed by atoms with Crippen molar-refractivity contribution in [2.45, 2.75) is 0 Å². The standard InChI is InChI=1S/C23H15ClN2O5/c24-12-5-7-17(19(25)9-12)23(30)31-11-20(27)26-13-6-8-16-18(10-13)22(29)15-4-2-1-3-14(15)21(16)28/h1-10H,11,25H2,(H,26,27). The summed E-state index contributed by atoms with van der Waals surface area (Å²) >= 11 is 5.80. The molecule has 3 aromatic rings. The number of amides is 1. The van der Waals surface area contributed by atoms with E-state index in [0.29, 0.717) is 21.8 Å². The maximum atomic E-state index is 12.8. The van der Waals surface area contributed by atoms with Crippen molar-refractivity contribution in [1.29, 1.82) is 0 Å². The van der Waals surface area contributed by atoms with Crippen LogP contribution in [0.2, 0.25) is 5.02 Å². The molecule has 1 amide bonds. The number of hydrogen-bond donors (Lipinski definition) is 2. The minimum absolute atomic E-state index is 0.0914. The molecule has 31 heavy (non-hydrogen) atoms. The maximum Gasteiger partial charge on any atom is 0.340 e. The lowest BCUT2D eigenvalue weighted by atomic mass is 9.84. The molecule has 0 spiro atoms. The molecule has 8 heteroatoms. The Bertz CT molecular complexity index is 1270.